The van der Waals surface area contributed by atoms with Crippen LogP contribution in [0.1, 0.15) is 38.3 Å². The number of carbonyl (C=O) groups is 1. The van der Waals surface area contributed by atoms with Gasteiger partial charge in [-0.3, -0.25) is 9.69 Å². The number of pyridine rings is 1. The summed E-state index contributed by atoms with van der Waals surface area (Å²) in [7, 11) is 0. The van der Waals surface area contributed by atoms with Gasteiger partial charge in [0.25, 0.3) is 11.7 Å². The highest BCUT2D eigenvalue weighted by atomic mass is 16.2. The van der Waals surface area contributed by atoms with E-state index in [1.54, 1.807) is 0 Å². The van der Waals surface area contributed by atoms with Gasteiger partial charge in [0.15, 0.2) is 6.04 Å². The predicted molar refractivity (Wildman–Crippen MR) is 108 cm³/mol. The van der Waals surface area contributed by atoms with Crippen molar-refractivity contribution in [3.8, 4) is 0 Å². The number of rotatable bonds is 7. The highest BCUT2D eigenvalue weighted by molar-refractivity contribution is 5.80. The highest BCUT2D eigenvalue weighted by Gasteiger charge is 2.33. The van der Waals surface area contributed by atoms with Crippen LogP contribution in [-0.2, 0) is 4.79 Å². The third-order valence-electron chi connectivity index (χ3n) is 5.54. The maximum absolute atomic E-state index is 12.9. The molecule has 0 bridgehead atoms. The van der Waals surface area contributed by atoms with Crippen LogP contribution in [0.15, 0.2) is 54.7 Å². The molecule has 1 saturated heterocycles. The Bertz CT molecular complexity index is 699. The van der Waals surface area contributed by atoms with Gasteiger partial charge in [0, 0.05) is 6.07 Å². The minimum atomic E-state index is -0.0324. The summed E-state index contributed by atoms with van der Waals surface area (Å²) < 4.78 is 0. The standard InChI is InChI=1S/C22H30N4O/c1-3-9-20(19-10-5-4-6-11-19)24-22(27)18(2)25-14-16-26(17-15-25)21-12-7-8-13-23-21/h4-8,10-13,18,20H,3,9,14-17H2,1-2H3,(H,24,27)/p+2/t18-,20+/m0/s1. The normalized spacial score (nSPS) is 17.3. The summed E-state index contributed by atoms with van der Waals surface area (Å²) in [6, 6.07) is 16.5. The van der Waals surface area contributed by atoms with Crippen LogP contribution in [0, 0.1) is 0 Å². The molecule has 3 N–H and O–H groups in total. The van der Waals surface area contributed by atoms with Crippen molar-refractivity contribution in [1.82, 2.24) is 5.32 Å². The number of aromatic amines is 1. The number of piperazine rings is 1. The molecule has 5 heteroatoms. The monoisotopic (exact) mass is 368 g/mol. The van der Waals surface area contributed by atoms with E-state index < -0.39 is 0 Å². The molecule has 0 unspecified atom stereocenters. The quantitative estimate of drug-likeness (QED) is 0.773. The topological polar surface area (TPSA) is 50.9 Å². The summed E-state index contributed by atoms with van der Waals surface area (Å²) in [4.78, 5) is 19.9. The zero-order valence-electron chi connectivity index (χ0n) is 16.4. The molecule has 1 fully saturated rings. The van der Waals surface area contributed by atoms with E-state index in [1.807, 2.05) is 30.5 Å². The predicted octanol–water partition coefficient (Wildman–Crippen LogP) is 1.25. The van der Waals surface area contributed by atoms with Crippen LogP contribution in [0.3, 0.4) is 0 Å². The van der Waals surface area contributed by atoms with Gasteiger partial charge >= 0.3 is 0 Å². The Morgan fingerprint density at radius 3 is 2.48 bits per heavy atom. The van der Waals surface area contributed by atoms with E-state index in [1.165, 1.54) is 10.5 Å². The number of hydrogen-bond donors (Lipinski definition) is 2. The van der Waals surface area contributed by atoms with Gasteiger partial charge in [0.1, 0.15) is 26.2 Å². The van der Waals surface area contributed by atoms with Crippen LogP contribution in [0.5, 0.6) is 0 Å². The molecule has 0 aliphatic carbocycles. The Labute approximate surface area is 162 Å². The SMILES string of the molecule is CCC[C@@H](NC(=O)[C@H](C)[NH+]1CCN(c2cccc[nH+]2)CC1)c1ccccc1. The second-order valence-corrected chi connectivity index (χ2v) is 7.38. The molecule has 3 rings (SSSR count). The lowest BCUT2D eigenvalue weighted by Crippen LogP contribution is -3.19. The number of nitrogens with zero attached hydrogens (tertiary/aromatic N) is 1. The van der Waals surface area contributed by atoms with Crippen molar-refractivity contribution in [1.29, 1.82) is 0 Å². The fourth-order valence-corrected chi connectivity index (χ4v) is 3.83. The Morgan fingerprint density at radius 2 is 1.85 bits per heavy atom. The van der Waals surface area contributed by atoms with Crippen molar-refractivity contribution in [3.63, 3.8) is 0 Å². The molecule has 2 heterocycles. The summed E-state index contributed by atoms with van der Waals surface area (Å²) >= 11 is 0. The van der Waals surface area contributed by atoms with Crippen LogP contribution in [-0.4, -0.2) is 38.1 Å². The minimum absolute atomic E-state index is 0.0324. The smallest absolute Gasteiger partial charge is 0.278 e. The summed E-state index contributed by atoms with van der Waals surface area (Å²) in [5.41, 5.74) is 1.19. The molecular weight excluding hydrogens is 336 g/mol. The molecule has 1 aliphatic rings. The molecule has 0 radical (unpaired) electrons. The minimum Gasteiger partial charge on any atom is -0.344 e. The number of benzene rings is 1. The van der Waals surface area contributed by atoms with Gasteiger partial charge in [-0.15, -0.1) is 0 Å². The molecule has 1 amide bonds. The van der Waals surface area contributed by atoms with Gasteiger partial charge < -0.3 is 10.2 Å². The number of nitrogens with one attached hydrogen (secondary N) is 3. The molecule has 5 nitrogen and oxygen atoms in total. The third kappa shape index (κ3) is 5.07. The van der Waals surface area contributed by atoms with Crippen LogP contribution in [0.2, 0.25) is 0 Å². The number of hydrogen-bond acceptors (Lipinski definition) is 2. The van der Waals surface area contributed by atoms with Crippen LogP contribution < -0.4 is 20.1 Å². The molecular formula is C22H32N4O+2. The maximum atomic E-state index is 12.9. The molecule has 27 heavy (non-hydrogen) atoms. The number of aromatic nitrogens is 1. The lowest BCUT2D eigenvalue weighted by atomic mass is 10.0. The lowest BCUT2D eigenvalue weighted by molar-refractivity contribution is -0.914. The summed E-state index contributed by atoms with van der Waals surface area (Å²) in [5, 5.41) is 3.29. The van der Waals surface area contributed by atoms with Gasteiger partial charge in [-0.25, -0.2) is 4.98 Å². The van der Waals surface area contributed by atoms with E-state index in [2.05, 4.69) is 53.3 Å². The Kier molecular flexibility index (Phi) is 6.82. The van der Waals surface area contributed by atoms with Crippen molar-refractivity contribution in [2.75, 3.05) is 31.1 Å². The molecule has 0 saturated carbocycles. The second-order valence-electron chi connectivity index (χ2n) is 7.38. The molecule has 144 valence electrons. The van der Waals surface area contributed by atoms with E-state index in [9.17, 15) is 4.79 Å². The first kappa shape index (κ1) is 19.4. The van der Waals surface area contributed by atoms with Crippen molar-refractivity contribution in [2.24, 2.45) is 0 Å². The molecule has 0 spiro atoms. The second kappa shape index (κ2) is 9.51. The zero-order chi connectivity index (χ0) is 19.1. The van der Waals surface area contributed by atoms with Gasteiger partial charge in [-0.1, -0.05) is 49.7 Å². The molecule has 2 aromatic rings. The summed E-state index contributed by atoms with van der Waals surface area (Å²) in [6.07, 6.45) is 3.98. The van der Waals surface area contributed by atoms with E-state index in [-0.39, 0.29) is 18.0 Å². The van der Waals surface area contributed by atoms with Crippen LogP contribution in [0.4, 0.5) is 5.82 Å². The van der Waals surface area contributed by atoms with Crippen molar-refractivity contribution >= 4 is 11.7 Å². The Balaban J connectivity index is 1.55. The number of H-pyrrole nitrogens is 1. The van der Waals surface area contributed by atoms with Gasteiger partial charge in [0.2, 0.25) is 0 Å². The largest absolute Gasteiger partial charge is 0.344 e. The van der Waals surface area contributed by atoms with Crippen LogP contribution in [0.25, 0.3) is 0 Å². The first-order valence-corrected chi connectivity index (χ1v) is 10.1. The first-order valence-electron chi connectivity index (χ1n) is 10.1. The molecule has 1 aromatic heterocycles. The maximum Gasteiger partial charge on any atom is 0.278 e. The van der Waals surface area contributed by atoms with E-state index in [0.29, 0.717) is 0 Å². The van der Waals surface area contributed by atoms with Crippen molar-refractivity contribution in [2.45, 2.75) is 38.8 Å². The molecule has 1 aromatic carbocycles. The van der Waals surface area contributed by atoms with Crippen molar-refractivity contribution < 1.29 is 14.7 Å². The van der Waals surface area contributed by atoms with Gasteiger partial charge in [-0.05, 0) is 25.0 Å². The molecule has 1 aliphatic heterocycles. The molecule has 2 atom stereocenters. The summed E-state index contributed by atoms with van der Waals surface area (Å²) in [6.45, 7) is 8.09. The average Bonchev–Trinajstić information content (AvgIpc) is 2.74. The number of quaternary nitrogens is 1. The van der Waals surface area contributed by atoms with E-state index >= 15 is 0 Å². The Morgan fingerprint density at radius 1 is 1.15 bits per heavy atom. The fraction of sp³-hybridized carbons (Fsp3) is 0.455. The number of carbonyl (C=O) groups excluding carboxylic acids is 1. The number of anilines is 1. The summed E-state index contributed by atoms with van der Waals surface area (Å²) in [5.74, 6) is 1.31. The Hall–Kier alpha value is -2.40. The van der Waals surface area contributed by atoms with E-state index in [4.69, 9.17) is 0 Å². The third-order valence-corrected chi connectivity index (χ3v) is 5.54. The number of amides is 1. The van der Waals surface area contributed by atoms with Gasteiger partial charge in [0.05, 0.1) is 12.2 Å². The fourth-order valence-electron chi connectivity index (χ4n) is 3.83. The first-order chi connectivity index (χ1) is 13.2. The van der Waals surface area contributed by atoms with Crippen LogP contribution >= 0.6 is 0 Å². The highest BCUT2D eigenvalue weighted by Crippen LogP contribution is 2.18. The van der Waals surface area contributed by atoms with Gasteiger partial charge in [-0.2, -0.15) is 0 Å². The van der Waals surface area contributed by atoms with E-state index in [0.717, 1.165) is 44.8 Å². The zero-order valence-corrected chi connectivity index (χ0v) is 16.4. The lowest BCUT2D eigenvalue weighted by Gasteiger charge is -2.32. The van der Waals surface area contributed by atoms with Crippen molar-refractivity contribution in [3.05, 3.63) is 60.3 Å². The average molecular weight is 369 g/mol.